The fourth-order valence-corrected chi connectivity index (χ4v) is 2.33. The Morgan fingerprint density at radius 1 is 1.30 bits per heavy atom. The summed E-state index contributed by atoms with van der Waals surface area (Å²) in [5, 5.41) is 10.8. The van der Waals surface area contributed by atoms with Crippen LogP contribution in [0.15, 0.2) is 24.3 Å². The lowest BCUT2D eigenvalue weighted by atomic mass is 9.81. The Morgan fingerprint density at radius 3 is 2.25 bits per heavy atom. The van der Waals surface area contributed by atoms with E-state index in [0.29, 0.717) is 13.0 Å². The second-order valence-electron chi connectivity index (χ2n) is 5.30. The first-order valence-corrected chi connectivity index (χ1v) is 7.01. The lowest BCUT2D eigenvalue weighted by Crippen LogP contribution is -2.38. The summed E-state index contributed by atoms with van der Waals surface area (Å²) >= 11 is 0. The second kappa shape index (κ2) is 6.75. The van der Waals surface area contributed by atoms with E-state index in [1.165, 1.54) is 0 Å². The Kier molecular flexibility index (Phi) is 5.57. The molecule has 1 N–H and O–H groups in total. The Balaban J connectivity index is 3.03. The summed E-state index contributed by atoms with van der Waals surface area (Å²) in [5.74, 6) is -0.913. The van der Waals surface area contributed by atoms with Crippen molar-refractivity contribution in [2.75, 3.05) is 25.6 Å². The zero-order valence-electron chi connectivity index (χ0n) is 13.0. The lowest BCUT2D eigenvalue weighted by molar-refractivity contribution is -0.158. The highest BCUT2D eigenvalue weighted by molar-refractivity contribution is 5.74. The molecule has 0 amide bonds. The first-order chi connectivity index (χ1) is 9.34. The molecule has 1 aromatic carbocycles. The highest BCUT2D eigenvalue weighted by Gasteiger charge is 2.38. The van der Waals surface area contributed by atoms with Gasteiger partial charge in [0.25, 0.3) is 0 Å². The van der Waals surface area contributed by atoms with Crippen LogP contribution in [-0.2, 0) is 15.1 Å². The maximum absolute atomic E-state index is 12.0. The van der Waals surface area contributed by atoms with E-state index in [-0.39, 0.29) is 5.97 Å². The maximum Gasteiger partial charge on any atom is 0.312 e. The molecule has 0 aliphatic rings. The molecule has 0 aliphatic heterocycles. The number of rotatable bonds is 6. The summed E-state index contributed by atoms with van der Waals surface area (Å²) in [6.07, 6.45) is 0.529. The molecule has 4 heteroatoms. The van der Waals surface area contributed by atoms with E-state index in [1.54, 1.807) is 13.8 Å². The molecule has 0 aliphatic carbocycles. The first-order valence-electron chi connectivity index (χ1n) is 7.01. The van der Waals surface area contributed by atoms with E-state index >= 15 is 0 Å². The summed E-state index contributed by atoms with van der Waals surface area (Å²) in [6, 6.07) is 7.58. The number of nitrogens with zero attached hydrogens (tertiary/aromatic N) is 1. The van der Waals surface area contributed by atoms with Crippen LogP contribution in [0.5, 0.6) is 0 Å². The average molecular weight is 279 g/mol. The van der Waals surface area contributed by atoms with Crippen molar-refractivity contribution in [2.24, 2.45) is 5.92 Å². The fourth-order valence-electron chi connectivity index (χ4n) is 2.33. The Labute approximate surface area is 121 Å². The Bertz CT molecular complexity index is 438. The molecular formula is C16H25NO3. The van der Waals surface area contributed by atoms with Crippen LogP contribution in [0, 0.1) is 5.92 Å². The molecule has 112 valence electrons. The summed E-state index contributed by atoms with van der Waals surface area (Å²) in [6.45, 7) is 5.64. The largest absolute Gasteiger partial charge is 0.466 e. The molecule has 1 aromatic rings. The number of ether oxygens (including phenoxy) is 1. The number of benzene rings is 1. The molecule has 0 aromatic heterocycles. The molecular weight excluding hydrogens is 254 g/mol. The molecule has 0 radical (unpaired) electrons. The van der Waals surface area contributed by atoms with E-state index in [4.69, 9.17) is 4.74 Å². The van der Waals surface area contributed by atoms with Crippen LogP contribution in [0.4, 0.5) is 5.69 Å². The highest BCUT2D eigenvalue weighted by atomic mass is 16.5. The molecule has 2 atom stereocenters. The molecule has 0 fully saturated rings. The standard InChI is InChI=1S/C16H25NO3/c1-6-14(15(18)20-7-2)16(3,19)12-8-10-13(11-9-12)17(4)5/h8-11,14,19H,6-7H2,1-5H3. The van der Waals surface area contributed by atoms with Gasteiger partial charge < -0.3 is 14.7 Å². The molecule has 20 heavy (non-hydrogen) atoms. The van der Waals surface area contributed by atoms with Crippen LogP contribution < -0.4 is 4.90 Å². The summed E-state index contributed by atoms with van der Waals surface area (Å²) in [5.41, 5.74) is 0.544. The summed E-state index contributed by atoms with van der Waals surface area (Å²) in [4.78, 5) is 14.0. The smallest absolute Gasteiger partial charge is 0.312 e. The number of hydrogen-bond acceptors (Lipinski definition) is 4. The van der Waals surface area contributed by atoms with Crippen LogP contribution in [0.1, 0.15) is 32.8 Å². The van der Waals surface area contributed by atoms with Gasteiger partial charge >= 0.3 is 5.97 Å². The van der Waals surface area contributed by atoms with E-state index in [1.807, 2.05) is 50.2 Å². The minimum atomic E-state index is -1.23. The van der Waals surface area contributed by atoms with Gasteiger partial charge in [-0.3, -0.25) is 4.79 Å². The van der Waals surface area contributed by atoms with Gasteiger partial charge in [0.05, 0.1) is 12.5 Å². The molecule has 0 bridgehead atoms. The summed E-state index contributed by atoms with van der Waals surface area (Å²) < 4.78 is 5.06. The van der Waals surface area contributed by atoms with Crippen molar-refractivity contribution in [3.05, 3.63) is 29.8 Å². The Morgan fingerprint density at radius 2 is 1.85 bits per heavy atom. The van der Waals surface area contributed by atoms with Gasteiger partial charge in [0, 0.05) is 19.8 Å². The zero-order valence-corrected chi connectivity index (χ0v) is 13.0. The fraction of sp³-hybridized carbons (Fsp3) is 0.562. The number of esters is 1. The van der Waals surface area contributed by atoms with Gasteiger partial charge in [-0.25, -0.2) is 0 Å². The number of carbonyl (C=O) groups excluding carboxylic acids is 1. The second-order valence-corrected chi connectivity index (χ2v) is 5.30. The van der Waals surface area contributed by atoms with Crippen LogP contribution in [0.3, 0.4) is 0 Å². The van der Waals surface area contributed by atoms with Gasteiger partial charge in [0.1, 0.15) is 5.60 Å². The van der Waals surface area contributed by atoms with E-state index in [9.17, 15) is 9.90 Å². The van der Waals surface area contributed by atoms with Crippen LogP contribution in [0.2, 0.25) is 0 Å². The van der Waals surface area contributed by atoms with Gasteiger partial charge in [-0.15, -0.1) is 0 Å². The summed E-state index contributed by atoms with van der Waals surface area (Å²) in [7, 11) is 3.92. The van der Waals surface area contributed by atoms with Gasteiger partial charge in [-0.05, 0) is 38.0 Å². The number of anilines is 1. The van der Waals surface area contributed by atoms with Gasteiger partial charge in [0.2, 0.25) is 0 Å². The molecule has 4 nitrogen and oxygen atoms in total. The van der Waals surface area contributed by atoms with E-state index in [0.717, 1.165) is 11.3 Å². The van der Waals surface area contributed by atoms with Crippen molar-refractivity contribution in [2.45, 2.75) is 32.8 Å². The molecule has 0 spiro atoms. The number of hydrogen-bond donors (Lipinski definition) is 1. The third kappa shape index (κ3) is 3.51. The lowest BCUT2D eigenvalue weighted by Gasteiger charge is -2.31. The minimum Gasteiger partial charge on any atom is -0.466 e. The van der Waals surface area contributed by atoms with E-state index in [2.05, 4.69) is 0 Å². The normalized spacial score (nSPS) is 15.3. The van der Waals surface area contributed by atoms with Gasteiger partial charge in [-0.1, -0.05) is 19.1 Å². The van der Waals surface area contributed by atoms with Crippen molar-refractivity contribution >= 4 is 11.7 Å². The van der Waals surface area contributed by atoms with Crippen LogP contribution >= 0.6 is 0 Å². The van der Waals surface area contributed by atoms with Crippen LogP contribution in [-0.4, -0.2) is 31.8 Å². The first kappa shape index (κ1) is 16.5. The van der Waals surface area contributed by atoms with Crippen molar-refractivity contribution in [1.29, 1.82) is 0 Å². The van der Waals surface area contributed by atoms with Crippen molar-refractivity contribution in [3.63, 3.8) is 0 Å². The average Bonchev–Trinajstić information content (AvgIpc) is 2.39. The number of aliphatic hydroxyl groups is 1. The molecule has 0 saturated carbocycles. The highest BCUT2D eigenvalue weighted by Crippen LogP contribution is 2.33. The zero-order chi connectivity index (χ0) is 15.3. The third-order valence-electron chi connectivity index (χ3n) is 3.63. The van der Waals surface area contributed by atoms with Gasteiger partial charge in [-0.2, -0.15) is 0 Å². The monoisotopic (exact) mass is 279 g/mol. The van der Waals surface area contributed by atoms with Crippen molar-refractivity contribution < 1.29 is 14.6 Å². The molecule has 1 rings (SSSR count). The molecule has 0 saturated heterocycles. The third-order valence-corrected chi connectivity index (χ3v) is 3.63. The van der Waals surface area contributed by atoms with Gasteiger partial charge in [0.15, 0.2) is 0 Å². The van der Waals surface area contributed by atoms with Crippen LogP contribution in [0.25, 0.3) is 0 Å². The quantitative estimate of drug-likeness (QED) is 0.813. The topological polar surface area (TPSA) is 49.8 Å². The van der Waals surface area contributed by atoms with Crippen molar-refractivity contribution in [3.8, 4) is 0 Å². The number of carbonyl (C=O) groups is 1. The van der Waals surface area contributed by atoms with Crippen molar-refractivity contribution in [1.82, 2.24) is 0 Å². The minimum absolute atomic E-state index is 0.324. The van der Waals surface area contributed by atoms with E-state index < -0.39 is 11.5 Å². The molecule has 2 unspecified atom stereocenters. The predicted octanol–water partition coefficient (Wildman–Crippen LogP) is 2.55. The SMILES string of the molecule is CCOC(=O)C(CC)C(C)(O)c1ccc(N(C)C)cc1. The predicted molar refractivity (Wildman–Crippen MR) is 80.8 cm³/mol. The molecule has 0 heterocycles. The maximum atomic E-state index is 12.0. The Hall–Kier alpha value is -1.55.